The lowest BCUT2D eigenvalue weighted by atomic mass is 10.1. The second-order valence-corrected chi connectivity index (χ2v) is 10.1. The molecule has 2 aromatic carbocycles. The van der Waals surface area contributed by atoms with Gasteiger partial charge in [0.2, 0.25) is 15.9 Å². The van der Waals surface area contributed by atoms with E-state index in [0.29, 0.717) is 30.3 Å². The molecule has 33 heavy (non-hydrogen) atoms. The zero-order chi connectivity index (χ0) is 23.8. The largest absolute Gasteiger partial charge is 0.486 e. The zero-order valence-electron chi connectivity index (χ0n) is 17.8. The molecule has 1 heterocycles. The first-order valence-electron chi connectivity index (χ1n) is 10.4. The second-order valence-electron chi connectivity index (χ2n) is 8.01. The van der Waals surface area contributed by atoms with Crippen LogP contribution in [0.3, 0.4) is 0 Å². The Kier molecular flexibility index (Phi) is 6.28. The minimum absolute atomic E-state index is 0.0252. The summed E-state index contributed by atoms with van der Waals surface area (Å²) in [7, 11) is -2.66. The molecule has 2 aliphatic rings. The minimum Gasteiger partial charge on any atom is -0.486 e. The van der Waals surface area contributed by atoms with Gasteiger partial charge in [-0.3, -0.25) is 4.79 Å². The van der Waals surface area contributed by atoms with Gasteiger partial charge in [-0.25, -0.2) is 8.42 Å². The molecule has 0 bridgehead atoms. The molecule has 0 radical (unpaired) electrons. The van der Waals surface area contributed by atoms with Crippen LogP contribution in [0.2, 0.25) is 0 Å². The van der Waals surface area contributed by atoms with Gasteiger partial charge in [-0.05, 0) is 42.7 Å². The summed E-state index contributed by atoms with van der Waals surface area (Å²) in [6.07, 6.45) is -2.90. The van der Waals surface area contributed by atoms with Crippen molar-refractivity contribution in [3.63, 3.8) is 0 Å². The number of hydrogen-bond donors (Lipinski definition) is 0. The number of likely N-dealkylation sites (N-methyl/N-ethyl adjacent to an activating group) is 1. The monoisotopic (exact) mass is 484 g/mol. The van der Waals surface area contributed by atoms with Crippen LogP contribution >= 0.6 is 0 Å². The van der Waals surface area contributed by atoms with Crippen LogP contribution in [0, 0.1) is 0 Å². The van der Waals surface area contributed by atoms with E-state index < -0.39 is 34.2 Å². The molecule has 0 saturated heterocycles. The van der Waals surface area contributed by atoms with Crippen LogP contribution in [0.25, 0.3) is 0 Å². The summed E-state index contributed by atoms with van der Waals surface area (Å²) in [5, 5.41) is 0. The van der Waals surface area contributed by atoms with Gasteiger partial charge in [0, 0.05) is 25.7 Å². The summed E-state index contributed by atoms with van der Waals surface area (Å²) >= 11 is 0. The average molecular weight is 484 g/mol. The van der Waals surface area contributed by atoms with E-state index in [-0.39, 0.29) is 17.5 Å². The fourth-order valence-corrected chi connectivity index (χ4v) is 4.67. The first kappa shape index (κ1) is 23.4. The van der Waals surface area contributed by atoms with Crippen molar-refractivity contribution in [1.29, 1.82) is 0 Å². The van der Waals surface area contributed by atoms with Gasteiger partial charge >= 0.3 is 6.18 Å². The number of benzene rings is 2. The molecule has 1 amide bonds. The van der Waals surface area contributed by atoms with Crippen molar-refractivity contribution in [2.75, 3.05) is 26.8 Å². The van der Waals surface area contributed by atoms with Crippen LogP contribution in [-0.2, 0) is 27.5 Å². The van der Waals surface area contributed by atoms with Crippen molar-refractivity contribution in [2.24, 2.45) is 0 Å². The molecule has 0 aromatic heterocycles. The number of fused-ring (bicyclic) bond motifs is 1. The van der Waals surface area contributed by atoms with Crippen molar-refractivity contribution in [3.05, 3.63) is 53.6 Å². The number of carbonyl (C=O) groups excluding carboxylic acids is 1. The van der Waals surface area contributed by atoms with Gasteiger partial charge in [0.15, 0.2) is 11.5 Å². The van der Waals surface area contributed by atoms with Gasteiger partial charge in [-0.15, -0.1) is 0 Å². The quantitative estimate of drug-likeness (QED) is 0.603. The summed E-state index contributed by atoms with van der Waals surface area (Å²) in [6, 6.07) is 8.84. The number of ether oxygens (including phenoxy) is 2. The van der Waals surface area contributed by atoms with Gasteiger partial charge < -0.3 is 14.4 Å². The Bertz CT molecular complexity index is 1130. The lowest BCUT2D eigenvalue weighted by molar-refractivity contribution is -0.137. The van der Waals surface area contributed by atoms with E-state index >= 15 is 0 Å². The van der Waals surface area contributed by atoms with Gasteiger partial charge in [-0.1, -0.05) is 12.1 Å². The molecule has 0 spiro atoms. The normalized spacial score (nSPS) is 16.0. The van der Waals surface area contributed by atoms with Crippen molar-refractivity contribution in [3.8, 4) is 11.5 Å². The Morgan fingerprint density at radius 3 is 2.27 bits per heavy atom. The lowest BCUT2D eigenvalue weighted by Gasteiger charge is -2.26. The third-order valence-corrected chi connectivity index (χ3v) is 7.32. The van der Waals surface area contributed by atoms with E-state index in [4.69, 9.17) is 9.47 Å². The zero-order valence-corrected chi connectivity index (χ0v) is 18.7. The molecule has 0 atom stereocenters. The molecule has 1 aliphatic heterocycles. The molecule has 1 saturated carbocycles. The molecular formula is C22H23F3N2O5S. The number of alkyl halides is 3. The summed E-state index contributed by atoms with van der Waals surface area (Å²) in [5.41, 5.74) is -0.221. The van der Waals surface area contributed by atoms with Crippen LogP contribution < -0.4 is 9.47 Å². The highest BCUT2D eigenvalue weighted by Crippen LogP contribution is 2.34. The molecule has 0 unspecified atom stereocenters. The highest BCUT2D eigenvalue weighted by molar-refractivity contribution is 7.89. The van der Waals surface area contributed by atoms with Gasteiger partial charge in [-0.2, -0.15) is 17.5 Å². The maximum atomic E-state index is 13.0. The molecule has 0 N–H and O–H groups in total. The van der Waals surface area contributed by atoms with E-state index in [9.17, 15) is 26.4 Å². The topological polar surface area (TPSA) is 76.2 Å². The minimum atomic E-state index is -4.44. The molecule has 2 aromatic rings. The van der Waals surface area contributed by atoms with E-state index in [1.165, 1.54) is 42.3 Å². The summed E-state index contributed by atoms with van der Waals surface area (Å²) < 4.78 is 76.2. The molecule has 4 rings (SSSR count). The Hall–Kier alpha value is -2.79. The molecule has 1 fully saturated rings. The van der Waals surface area contributed by atoms with Crippen LogP contribution in [0.15, 0.2) is 47.4 Å². The molecule has 7 nitrogen and oxygen atoms in total. The predicted molar refractivity (Wildman–Crippen MR) is 112 cm³/mol. The Labute approximate surface area is 189 Å². The van der Waals surface area contributed by atoms with Crippen LogP contribution in [0.1, 0.15) is 24.0 Å². The van der Waals surface area contributed by atoms with Gasteiger partial charge in [0.1, 0.15) is 13.2 Å². The number of sulfonamides is 1. The van der Waals surface area contributed by atoms with Crippen molar-refractivity contribution in [1.82, 2.24) is 9.21 Å². The van der Waals surface area contributed by atoms with E-state index in [2.05, 4.69) is 0 Å². The molecule has 11 heteroatoms. The number of amides is 1. The van der Waals surface area contributed by atoms with E-state index in [1.807, 2.05) is 0 Å². The number of nitrogens with zero attached hydrogens (tertiary/aromatic N) is 2. The first-order chi connectivity index (χ1) is 15.6. The van der Waals surface area contributed by atoms with Crippen LogP contribution in [0.5, 0.6) is 11.5 Å². The van der Waals surface area contributed by atoms with Crippen LogP contribution in [-0.4, -0.2) is 56.4 Å². The Morgan fingerprint density at radius 1 is 1.03 bits per heavy atom. The molecular weight excluding hydrogens is 461 g/mol. The van der Waals surface area contributed by atoms with Crippen molar-refractivity contribution in [2.45, 2.75) is 36.5 Å². The Morgan fingerprint density at radius 2 is 1.67 bits per heavy atom. The second kappa shape index (κ2) is 8.86. The maximum Gasteiger partial charge on any atom is 0.416 e. The van der Waals surface area contributed by atoms with Gasteiger partial charge in [0.25, 0.3) is 0 Å². The van der Waals surface area contributed by atoms with E-state index in [1.54, 1.807) is 0 Å². The third kappa shape index (κ3) is 5.25. The standard InChI is InChI=1S/C22H23F3N2O5S/c1-26(33(29,30)18-8-9-19-20(12-18)32-11-10-31-19)14-21(28)27(17-6-7-17)13-15-2-4-16(5-3-15)22(23,24)25/h2-5,8-9,12,17H,6-7,10-11,13-14H2,1H3. The fraction of sp³-hybridized carbons (Fsp3) is 0.409. The first-order valence-corrected chi connectivity index (χ1v) is 11.8. The average Bonchev–Trinajstić information content (AvgIpc) is 3.62. The number of rotatable bonds is 7. The summed E-state index contributed by atoms with van der Waals surface area (Å²) in [5.74, 6) is 0.361. The molecule has 178 valence electrons. The highest BCUT2D eigenvalue weighted by Gasteiger charge is 2.35. The summed E-state index contributed by atoms with van der Waals surface area (Å²) in [6.45, 7) is 0.405. The summed E-state index contributed by atoms with van der Waals surface area (Å²) in [4.78, 5) is 14.5. The molecule has 1 aliphatic carbocycles. The van der Waals surface area contributed by atoms with Crippen LogP contribution in [0.4, 0.5) is 13.2 Å². The van der Waals surface area contributed by atoms with Gasteiger partial charge in [0.05, 0.1) is 17.0 Å². The smallest absolute Gasteiger partial charge is 0.416 e. The number of hydrogen-bond acceptors (Lipinski definition) is 5. The van der Waals surface area contributed by atoms with Crippen molar-refractivity contribution >= 4 is 15.9 Å². The number of carbonyl (C=O) groups is 1. The highest BCUT2D eigenvalue weighted by atomic mass is 32.2. The fourth-order valence-electron chi connectivity index (χ4n) is 3.53. The van der Waals surface area contributed by atoms with E-state index in [0.717, 1.165) is 29.3 Å². The Balaban J connectivity index is 1.46. The van der Waals surface area contributed by atoms with Crippen molar-refractivity contribution < 1.29 is 35.9 Å². The lowest BCUT2D eigenvalue weighted by Crippen LogP contribution is -2.41. The number of halogens is 3. The maximum absolute atomic E-state index is 13.0. The third-order valence-electron chi connectivity index (χ3n) is 5.52. The predicted octanol–water partition coefficient (Wildman–Crippen LogP) is 3.29. The SMILES string of the molecule is CN(CC(=O)N(Cc1ccc(C(F)(F)F)cc1)C1CC1)S(=O)(=O)c1ccc2c(c1)OCCO2.